The van der Waals surface area contributed by atoms with Crippen LogP contribution < -0.4 is 16.0 Å². The topological polar surface area (TPSA) is 107 Å². The molecule has 0 saturated carbocycles. The summed E-state index contributed by atoms with van der Waals surface area (Å²) in [5.74, 6) is -1.14. The molecule has 8 nitrogen and oxygen atoms in total. The molecule has 0 radical (unpaired) electrons. The smallest absolute Gasteiger partial charge is 0.431 e. The molecular weight excluding hydrogens is 492 g/mol. The van der Waals surface area contributed by atoms with E-state index in [1.807, 2.05) is 0 Å². The quantitative estimate of drug-likeness (QED) is 0.450. The fraction of sp³-hybridized carbons (Fsp3) is 0.227. The molecule has 3 rings (SSSR count). The summed E-state index contributed by atoms with van der Waals surface area (Å²) >= 11 is 0.899. The van der Waals surface area contributed by atoms with Gasteiger partial charge in [-0.15, -0.1) is 0 Å². The van der Waals surface area contributed by atoms with Crippen molar-refractivity contribution >= 4 is 17.5 Å². The van der Waals surface area contributed by atoms with Gasteiger partial charge in [-0.2, -0.15) is 18.4 Å². The van der Waals surface area contributed by atoms with E-state index in [0.29, 0.717) is 4.90 Å². The Bertz CT molecular complexity index is 1460. The summed E-state index contributed by atoms with van der Waals surface area (Å²) in [4.78, 5) is 40.7. The van der Waals surface area contributed by atoms with Crippen molar-refractivity contribution in [2.45, 2.75) is 29.3 Å². The lowest BCUT2D eigenvalue weighted by Gasteiger charge is -2.15. The van der Waals surface area contributed by atoms with Crippen LogP contribution in [0.15, 0.2) is 55.9 Å². The number of ether oxygens (including phenoxy) is 1. The number of Topliss-reactive ketones (excluding diaryl/α,β-unsaturated/α-hetero) is 1. The van der Waals surface area contributed by atoms with Crippen molar-refractivity contribution in [1.82, 2.24) is 14.1 Å². The predicted octanol–water partition coefficient (Wildman–Crippen LogP) is 3.47. The van der Waals surface area contributed by atoms with Gasteiger partial charge in [0.1, 0.15) is 23.4 Å². The molecule has 2 heterocycles. The van der Waals surface area contributed by atoms with Crippen LogP contribution in [0.5, 0.6) is 5.88 Å². The second-order valence-corrected chi connectivity index (χ2v) is 8.25. The molecule has 0 aliphatic heterocycles. The van der Waals surface area contributed by atoms with Crippen LogP contribution in [0.25, 0.3) is 5.69 Å². The second-order valence-electron chi connectivity index (χ2n) is 7.16. The zero-order valence-corrected chi connectivity index (χ0v) is 19.0. The van der Waals surface area contributed by atoms with Gasteiger partial charge in [0.2, 0.25) is 5.88 Å². The van der Waals surface area contributed by atoms with Gasteiger partial charge in [-0.1, -0.05) is 11.8 Å². The first-order valence-corrected chi connectivity index (χ1v) is 10.6. The third-order valence-corrected chi connectivity index (χ3v) is 5.76. The molecule has 0 unspecified atom stereocenters. The average molecular weight is 508 g/mol. The highest BCUT2D eigenvalue weighted by molar-refractivity contribution is 7.99. The van der Waals surface area contributed by atoms with Gasteiger partial charge in [0.15, 0.2) is 0 Å². The summed E-state index contributed by atoms with van der Waals surface area (Å²) in [6.45, 7) is 1.43. The molecular formula is C22H16F4N4O4S. The van der Waals surface area contributed by atoms with Crippen molar-refractivity contribution in [3.63, 3.8) is 0 Å². The highest BCUT2D eigenvalue weighted by Gasteiger charge is 2.35. The second kappa shape index (κ2) is 10.1. The van der Waals surface area contributed by atoms with Gasteiger partial charge >= 0.3 is 11.9 Å². The summed E-state index contributed by atoms with van der Waals surface area (Å²) in [6, 6.07) is 6.91. The van der Waals surface area contributed by atoms with Crippen molar-refractivity contribution in [3.05, 3.63) is 74.4 Å². The number of aromatic nitrogens is 3. The number of nitrogens with zero attached hydrogens (tertiary/aromatic N) is 4. The van der Waals surface area contributed by atoms with Crippen molar-refractivity contribution < 1.29 is 27.1 Å². The van der Waals surface area contributed by atoms with Crippen LogP contribution in [0.3, 0.4) is 0 Å². The maximum atomic E-state index is 14.8. The van der Waals surface area contributed by atoms with Gasteiger partial charge in [-0.3, -0.25) is 14.2 Å². The van der Waals surface area contributed by atoms with Crippen molar-refractivity contribution in [2.24, 2.45) is 7.05 Å². The monoisotopic (exact) mass is 508 g/mol. The number of rotatable bonds is 7. The molecule has 0 bridgehead atoms. The van der Waals surface area contributed by atoms with Gasteiger partial charge in [-0.05, 0) is 31.2 Å². The van der Waals surface area contributed by atoms with Crippen LogP contribution in [0.4, 0.5) is 17.6 Å². The molecule has 182 valence electrons. The maximum Gasteiger partial charge on any atom is 0.431 e. The van der Waals surface area contributed by atoms with E-state index in [9.17, 15) is 37.2 Å². The third kappa shape index (κ3) is 5.60. The van der Waals surface area contributed by atoms with E-state index >= 15 is 0 Å². The first-order valence-electron chi connectivity index (χ1n) is 9.83. The third-order valence-electron chi connectivity index (χ3n) is 4.67. The summed E-state index contributed by atoms with van der Waals surface area (Å²) < 4.78 is 60.2. The number of nitriles is 1. The lowest BCUT2D eigenvalue weighted by Crippen LogP contribution is -2.41. The fourth-order valence-electron chi connectivity index (χ4n) is 2.98. The highest BCUT2D eigenvalue weighted by atomic mass is 32.2. The van der Waals surface area contributed by atoms with Crippen molar-refractivity contribution in [2.75, 3.05) is 6.61 Å². The van der Waals surface area contributed by atoms with E-state index in [1.54, 1.807) is 18.2 Å². The van der Waals surface area contributed by atoms with Crippen molar-refractivity contribution in [3.8, 4) is 17.6 Å². The molecule has 0 saturated heterocycles. The van der Waals surface area contributed by atoms with Gasteiger partial charge in [0.05, 0.1) is 22.8 Å². The van der Waals surface area contributed by atoms with Crippen molar-refractivity contribution in [1.29, 1.82) is 5.26 Å². The lowest BCUT2D eigenvalue weighted by atomic mass is 10.2. The van der Waals surface area contributed by atoms with E-state index in [2.05, 4.69) is 4.98 Å². The van der Waals surface area contributed by atoms with Crippen LogP contribution in [-0.4, -0.2) is 26.5 Å². The van der Waals surface area contributed by atoms with Gasteiger partial charge in [0, 0.05) is 30.6 Å². The van der Waals surface area contributed by atoms with Gasteiger partial charge in [-0.25, -0.2) is 18.7 Å². The van der Waals surface area contributed by atoms with Gasteiger partial charge in [0.25, 0.3) is 5.56 Å². The van der Waals surface area contributed by atoms with E-state index < -0.39 is 34.6 Å². The standard InChI is InChI=1S/C22H16F4N4O4S/c1-12(31)5-7-34-20-16(4-3-6-28-20)35-17-9-15(14(23)8-13(17)11-27)30-19(32)10-18(22(24,25)26)29(2)21(30)33/h3-4,6,8-10H,5,7H2,1-2H3. The molecule has 35 heavy (non-hydrogen) atoms. The Labute approximate surface area is 199 Å². The molecule has 0 N–H and O–H groups in total. The molecule has 0 fully saturated rings. The number of halogens is 4. The zero-order chi connectivity index (χ0) is 25.9. The minimum absolute atomic E-state index is 0.0384. The number of hydrogen-bond acceptors (Lipinski definition) is 7. The summed E-state index contributed by atoms with van der Waals surface area (Å²) in [5.41, 5.74) is -5.09. The van der Waals surface area contributed by atoms with Crippen LogP contribution in [0.1, 0.15) is 24.6 Å². The molecule has 0 aliphatic carbocycles. The minimum atomic E-state index is -4.98. The molecule has 3 aromatic rings. The van der Waals surface area contributed by atoms with Crippen LogP contribution in [-0.2, 0) is 18.0 Å². The molecule has 0 atom stereocenters. The number of pyridine rings is 1. The Morgan fingerprint density at radius 3 is 2.57 bits per heavy atom. The van der Waals surface area contributed by atoms with E-state index in [0.717, 1.165) is 30.9 Å². The first-order chi connectivity index (χ1) is 16.4. The SMILES string of the molecule is CC(=O)CCOc1ncccc1Sc1cc(-n2c(=O)cc(C(F)(F)F)n(C)c2=O)c(F)cc1C#N. The number of ketones is 1. The Morgan fingerprint density at radius 1 is 1.23 bits per heavy atom. The number of carbonyl (C=O) groups is 1. The van der Waals surface area contributed by atoms with E-state index in [1.165, 1.54) is 13.1 Å². The normalized spacial score (nSPS) is 11.2. The Hall–Kier alpha value is -3.92. The van der Waals surface area contributed by atoms with Crippen LogP contribution >= 0.6 is 11.8 Å². The Kier molecular flexibility index (Phi) is 7.45. The predicted molar refractivity (Wildman–Crippen MR) is 116 cm³/mol. The average Bonchev–Trinajstić information content (AvgIpc) is 2.78. The van der Waals surface area contributed by atoms with E-state index in [4.69, 9.17) is 4.74 Å². The van der Waals surface area contributed by atoms with Crippen LogP contribution in [0.2, 0.25) is 0 Å². The minimum Gasteiger partial charge on any atom is -0.476 e. The summed E-state index contributed by atoms with van der Waals surface area (Å²) in [5, 5.41) is 9.46. The number of benzene rings is 1. The highest BCUT2D eigenvalue weighted by Crippen LogP contribution is 2.37. The number of alkyl halides is 3. The van der Waals surface area contributed by atoms with Gasteiger partial charge < -0.3 is 4.74 Å². The molecule has 0 aliphatic rings. The van der Waals surface area contributed by atoms with Crippen LogP contribution in [0, 0.1) is 17.1 Å². The Balaban J connectivity index is 2.12. The summed E-state index contributed by atoms with van der Waals surface area (Å²) in [7, 11) is 0.804. The molecule has 0 spiro atoms. The maximum absolute atomic E-state index is 14.8. The summed E-state index contributed by atoms with van der Waals surface area (Å²) in [6.07, 6.45) is -3.42. The lowest BCUT2D eigenvalue weighted by molar-refractivity contribution is -0.144. The number of carbonyl (C=O) groups excluding carboxylic acids is 1. The molecule has 13 heteroatoms. The largest absolute Gasteiger partial charge is 0.476 e. The molecule has 0 amide bonds. The Morgan fingerprint density at radius 2 is 1.94 bits per heavy atom. The molecule has 1 aromatic carbocycles. The molecule has 2 aromatic heterocycles. The first kappa shape index (κ1) is 25.7. The number of hydrogen-bond donors (Lipinski definition) is 0. The van der Waals surface area contributed by atoms with E-state index in [-0.39, 0.29) is 50.4 Å². The zero-order valence-electron chi connectivity index (χ0n) is 18.2. The fourth-order valence-corrected chi connectivity index (χ4v) is 3.94.